The molecule has 3 nitrogen and oxygen atoms in total. The summed E-state index contributed by atoms with van der Waals surface area (Å²) in [5.74, 6) is 1.38. The van der Waals surface area contributed by atoms with Gasteiger partial charge in [0.2, 0.25) is 0 Å². The maximum absolute atomic E-state index is 13.6. The minimum atomic E-state index is -0.244. The lowest BCUT2D eigenvalue weighted by molar-refractivity contribution is 0.167. The molecule has 20 heavy (non-hydrogen) atoms. The van der Waals surface area contributed by atoms with Crippen molar-refractivity contribution in [1.29, 1.82) is 0 Å². The lowest BCUT2D eigenvalue weighted by atomic mass is 10.1. The fourth-order valence-corrected chi connectivity index (χ4v) is 2.24. The molecule has 1 unspecified atom stereocenters. The van der Waals surface area contributed by atoms with Gasteiger partial charge in [0.1, 0.15) is 11.6 Å². The molecular weight excluding hydrogens is 257 g/mol. The summed E-state index contributed by atoms with van der Waals surface area (Å²) in [6.07, 6.45) is 1.03. The average molecular weight is 281 g/mol. The van der Waals surface area contributed by atoms with E-state index in [2.05, 4.69) is 19.2 Å². The van der Waals surface area contributed by atoms with Crippen LogP contribution in [-0.4, -0.2) is 26.4 Å². The monoisotopic (exact) mass is 281 g/mol. The number of nitrogens with one attached hydrogen (secondary N) is 1. The number of hydrogen-bond donors (Lipinski definition) is 1. The van der Waals surface area contributed by atoms with Gasteiger partial charge in [-0.15, -0.1) is 0 Å². The van der Waals surface area contributed by atoms with Gasteiger partial charge < -0.3 is 14.8 Å². The first kappa shape index (κ1) is 15.3. The van der Waals surface area contributed by atoms with Crippen molar-refractivity contribution in [2.24, 2.45) is 11.8 Å². The molecule has 0 spiro atoms. The molecule has 1 N–H and O–H groups in total. The fourth-order valence-electron chi connectivity index (χ4n) is 2.24. The molecule has 0 amide bonds. The molecule has 1 fully saturated rings. The predicted octanol–water partition coefficient (Wildman–Crippen LogP) is 2.99. The molecule has 1 aromatic carbocycles. The Kier molecular flexibility index (Phi) is 5.80. The minimum absolute atomic E-state index is 0.244. The summed E-state index contributed by atoms with van der Waals surface area (Å²) in [7, 11) is 0. The largest absolute Gasteiger partial charge is 0.493 e. The zero-order valence-corrected chi connectivity index (χ0v) is 12.3. The summed E-state index contributed by atoms with van der Waals surface area (Å²) in [6.45, 7) is 8.04. The summed E-state index contributed by atoms with van der Waals surface area (Å²) < 4.78 is 24.6. The summed E-state index contributed by atoms with van der Waals surface area (Å²) in [6, 6.07) is 4.91. The fraction of sp³-hybridized carbons (Fsp3) is 0.625. The van der Waals surface area contributed by atoms with Gasteiger partial charge in [0, 0.05) is 25.1 Å². The highest BCUT2D eigenvalue weighted by Crippen LogP contribution is 2.19. The standard InChI is InChI=1S/C16H24FNO2/c1-12(2)8-18-9-14-5-15(17)7-16(6-14)20-11-13-3-4-19-10-13/h5-7,12-13,18H,3-4,8-11H2,1-2H3. The first-order valence-corrected chi connectivity index (χ1v) is 7.34. The quantitative estimate of drug-likeness (QED) is 0.833. The molecule has 2 rings (SSSR count). The Hall–Kier alpha value is -1.13. The van der Waals surface area contributed by atoms with E-state index in [1.165, 1.54) is 6.07 Å². The lowest BCUT2D eigenvalue weighted by Gasteiger charge is -2.12. The third-order valence-corrected chi connectivity index (χ3v) is 3.32. The normalized spacial score (nSPS) is 18.7. The third kappa shape index (κ3) is 5.10. The molecular formula is C16H24FNO2. The third-order valence-electron chi connectivity index (χ3n) is 3.32. The lowest BCUT2D eigenvalue weighted by Crippen LogP contribution is -2.19. The molecule has 0 aromatic heterocycles. The van der Waals surface area contributed by atoms with Crippen LogP contribution in [0, 0.1) is 17.7 Å². The van der Waals surface area contributed by atoms with Crippen molar-refractivity contribution in [2.75, 3.05) is 26.4 Å². The number of benzene rings is 1. The van der Waals surface area contributed by atoms with Gasteiger partial charge in [0.15, 0.2) is 0 Å². The van der Waals surface area contributed by atoms with Crippen molar-refractivity contribution in [3.63, 3.8) is 0 Å². The van der Waals surface area contributed by atoms with Gasteiger partial charge in [-0.05, 0) is 36.6 Å². The van der Waals surface area contributed by atoms with Crippen molar-refractivity contribution in [1.82, 2.24) is 5.32 Å². The van der Waals surface area contributed by atoms with Gasteiger partial charge in [0.25, 0.3) is 0 Å². The molecule has 0 radical (unpaired) electrons. The molecule has 1 aromatic rings. The van der Waals surface area contributed by atoms with E-state index < -0.39 is 0 Å². The second kappa shape index (κ2) is 7.60. The van der Waals surface area contributed by atoms with E-state index >= 15 is 0 Å². The smallest absolute Gasteiger partial charge is 0.127 e. The van der Waals surface area contributed by atoms with Gasteiger partial charge in [-0.3, -0.25) is 0 Å². The zero-order valence-electron chi connectivity index (χ0n) is 12.3. The van der Waals surface area contributed by atoms with Crippen LogP contribution < -0.4 is 10.1 Å². The van der Waals surface area contributed by atoms with E-state index in [4.69, 9.17) is 9.47 Å². The van der Waals surface area contributed by atoms with Gasteiger partial charge in [-0.25, -0.2) is 4.39 Å². The molecule has 1 saturated heterocycles. The van der Waals surface area contributed by atoms with Crippen LogP contribution in [0.4, 0.5) is 4.39 Å². The van der Waals surface area contributed by atoms with Crippen LogP contribution in [0.3, 0.4) is 0 Å². The van der Waals surface area contributed by atoms with Gasteiger partial charge in [-0.1, -0.05) is 13.8 Å². The van der Waals surface area contributed by atoms with Crippen molar-refractivity contribution < 1.29 is 13.9 Å². The maximum atomic E-state index is 13.6. The Morgan fingerprint density at radius 1 is 1.40 bits per heavy atom. The molecule has 1 aliphatic heterocycles. The summed E-state index contributed by atoms with van der Waals surface area (Å²) in [5, 5.41) is 3.31. The van der Waals surface area contributed by atoms with Crippen LogP contribution in [0.25, 0.3) is 0 Å². The topological polar surface area (TPSA) is 30.5 Å². The number of hydrogen-bond acceptors (Lipinski definition) is 3. The number of rotatable bonds is 7. The highest BCUT2D eigenvalue weighted by molar-refractivity contribution is 5.29. The molecule has 1 heterocycles. The highest BCUT2D eigenvalue weighted by atomic mass is 19.1. The van der Waals surface area contributed by atoms with E-state index in [1.807, 2.05) is 6.07 Å². The molecule has 4 heteroatoms. The van der Waals surface area contributed by atoms with E-state index in [0.29, 0.717) is 30.7 Å². The van der Waals surface area contributed by atoms with Crippen LogP contribution in [0.5, 0.6) is 5.75 Å². The Bertz CT molecular complexity index is 417. The Morgan fingerprint density at radius 2 is 2.25 bits per heavy atom. The number of ether oxygens (including phenoxy) is 2. The Labute approximate surface area is 120 Å². The second-order valence-corrected chi connectivity index (χ2v) is 5.86. The summed E-state index contributed by atoms with van der Waals surface area (Å²) in [5.41, 5.74) is 0.920. The molecule has 0 bridgehead atoms. The van der Waals surface area contributed by atoms with E-state index in [1.54, 1.807) is 6.07 Å². The highest BCUT2D eigenvalue weighted by Gasteiger charge is 2.16. The molecule has 112 valence electrons. The van der Waals surface area contributed by atoms with Crippen molar-refractivity contribution in [3.8, 4) is 5.75 Å². The average Bonchev–Trinajstić information content (AvgIpc) is 2.88. The number of halogens is 1. The summed E-state index contributed by atoms with van der Waals surface area (Å²) >= 11 is 0. The predicted molar refractivity (Wildman–Crippen MR) is 77.4 cm³/mol. The first-order valence-electron chi connectivity index (χ1n) is 7.34. The Balaban J connectivity index is 1.86. The van der Waals surface area contributed by atoms with E-state index in [-0.39, 0.29) is 5.82 Å². The minimum Gasteiger partial charge on any atom is -0.493 e. The van der Waals surface area contributed by atoms with E-state index in [0.717, 1.165) is 31.7 Å². The van der Waals surface area contributed by atoms with Crippen molar-refractivity contribution in [2.45, 2.75) is 26.8 Å². The molecule has 1 atom stereocenters. The van der Waals surface area contributed by atoms with E-state index in [9.17, 15) is 4.39 Å². The zero-order chi connectivity index (χ0) is 14.4. The molecule has 1 aliphatic rings. The van der Waals surface area contributed by atoms with Gasteiger partial charge >= 0.3 is 0 Å². The SMILES string of the molecule is CC(C)CNCc1cc(F)cc(OCC2CCOC2)c1. The first-order chi connectivity index (χ1) is 9.63. The Morgan fingerprint density at radius 3 is 2.95 bits per heavy atom. The summed E-state index contributed by atoms with van der Waals surface area (Å²) in [4.78, 5) is 0. The van der Waals surface area contributed by atoms with Crippen LogP contribution in [0.15, 0.2) is 18.2 Å². The van der Waals surface area contributed by atoms with Crippen molar-refractivity contribution in [3.05, 3.63) is 29.6 Å². The van der Waals surface area contributed by atoms with Crippen LogP contribution >= 0.6 is 0 Å². The molecule has 0 aliphatic carbocycles. The van der Waals surface area contributed by atoms with Crippen molar-refractivity contribution >= 4 is 0 Å². The van der Waals surface area contributed by atoms with Gasteiger partial charge in [-0.2, -0.15) is 0 Å². The van der Waals surface area contributed by atoms with Crippen LogP contribution in [-0.2, 0) is 11.3 Å². The molecule has 0 saturated carbocycles. The maximum Gasteiger partial charge on any atom is 0.127 e. The van der Waals surface area contributed by atoms with Crippen LogP contribution in [0.1, 0.15) is 25.8 Å². The second-order valence-electron chi connectivity index (χ2n) is 5.86. The van der Waals surface area contributed by atoms with Gasteiger partial charge in [0.05, 0.1) is 13.2 Å². The van der Waals surface area contributed by atoms with Crippen LogP contribution in [0.2, 0.25) is 0 Å².